The van der Waals surface area contributed by atoms with Crippen molar-refractivity contribution in [2.24, 2.45) is 5.73 Å². The molecule has 1 aliphatic carbocycles. The van der Waals surface area contributed by atoms with Crippen molar-refractivity contribution in [2.75, 3.05) is 0 Å². The Balaban J connectivity index is 1.95. The van der Waals surface area contributed by atoms with E-state index in [1.165, 1.54) is 0 Å². The average molecular weight is 308 g/mol. The molecule has 0 spiro atoms. The maximum atomic E-state index is 6.24. The Labute approximate surface area is 126 Å². The molecule has 2 aromatic rings. The minimum Gasteiger partial charge on any atom is -0.452 e. The molecule has 0 radical (unpaired) electrons. The number of hydrogen-bond acceptors (Lipinski definition) is 2. The lowest BCUT2D eigenvalue weighted by molar-refractivity contribution is -0.345. The number of nitrogens with two attached hydrogens (primary N) is 1. The van der Waals surface area contributed by atoms with Crippen LogP contribution in [-0.2, 0) is 0 Å². The van der Waals surface area contributed by atoms with Crippen LogP contribution in [0.1, 0.15) is 6.42 Å². The second kappa shape index (κ2) is 5.35. The van der Waals surface area contributed by atoms with Gasteiger partial charge in [0.15, 0.2) is 5.75 Å². The summed E-state index contributed by atoms with van der Waals surface area (Å²) >= 11 is 12.4. The van der Waals surface area contributed by atoms with Crippen molar-refractivity contribution < 1.29 is 9.72 Å². The van der Waals surface area contributed by atoms with E-state index in [-0.39, 0.29) is 5.38 Å². The molecule has 1 aliphatic rings. The van der Waals surface area contributed by atoms with Gasteiger partial charge in [0, 0.05) is 29.6 Å². The third kappa shape index (κ3) is 2.60. The monoisotopic (exact) mass is 307 g/mol. The molecule has 1 heterocycles. The third-order valence-corrected chi connectivity index (χ3v) is 3.75. The van der Waals surface area contributed by atoms with Crippen LogP contribution in [0.3, 0.4) is 0 Å². The van der Waals surface area contributed by atoms with Crippen molar-refractivity contribution in [1.82, 2.24) is 0 Å². The Morgan fingerprint density at radius 1 is 1.30 bits per heavy atom. The first kappa shape index (κ1) is 13.3. The Morgan fingerprint density at radius 3 is 2.90 bits per heavy atom. The maximum Gasteiger partial charge on any atom is 0.211 e. The van der Waals surface area contributed by atoms with Gasteiger partial charge in [-0.05, 0) is 12.1 Å². The van der Waals surface area contributed by atoms with Gasteiger partial charge in [-0.2, -0.15) is 0 Å². The number of fused-ring (bicyclic) bond motifs is 1. The molecule has 0 saturated carbocycles. The van der Waals surface area contributed by atoms with Crippen molar-refractivity contribution >= 4 is 34.1 Å². The van der Waals surface area contributed by atoms with Gasteiger partial charge in [0.25, 0.3) is 0 Å². The second-order valence-electron chi connectivity index (χ2n) is 4.63. The van der Waals surface area contributed by atoms with Gasteiger partial charge < -0.3 is 10.5 Å². The van der Waals surface area contributed by atoms with Crippen LogP contribution in [0.5, 0.6) is 5.75 Å². The fourth-order valence-corrected chi connectivity index (χ4v) is 2.85. The Kier molecular flexibility index (Phi) is 3.55. The third-order valence-electron chi connectivity index (χ3n) is 3.10. The molecule has 102 valence electrons. The average Bonchev–Trinajstić information content (AvgIpc) is 2.42. The van der Waals surface area contributed by atoms with Gasteiger partial charge >= 0.3 is 0 Å². The molecule has 0 amide bonds. The number of hydrogen-bond donors (Lipinski definition) is 1. The number of ether oxygens (including phenoxy) is 1. The number of para-hydroxylation sites is 1. The molecule has 1 atom stereocenters. The fraction of sp³-hybridized carbons (Fsp3) is 0.133. The van der Waals surface area contributed by atoms with Crippen LogP contribution in [0.4, 0.5) is 0 Å². The molecule has 3 N–H and O–H groups in total. The minimum absolute atomic E-state index is 0.348. The molecule has 0 fully saturated rings. The van der Waals surface area contributed by atoms with Crippen LogP contribution < -0.4 is 15.5 Å². The van der Waals surface area contributed by atoms with Gasteiger partial charge in [-0.25, -0.2) is 4.98 Å². The van der Waals surface area contributed by atoms with Crippen molar-refractivity contribution in [3.63, 3.8) is 0 Å². The maximum absolute atomic E-state index is 6.24. The summed E-state index contributed by atoms with van der Waals surface area (Å²) in [5, 5.41) is 1.15. The predicted molar refractivity (Wildman–Crippen MR) is 80.5 cm³/mol. The largest absolute Gasteiger partial charge is 0.452 e. The topological polar surface area (TPSA) is 49.4 Å². The summed E-state index contributed by atoms with van der Waals surface area (Å²) in [6, 6.07) is 9.89. The van der Waals surface area contributed by atoms with Gasteiger partial charge in [0.1, 0.15) is 5.76 Å². The van der Waals surface area contributed by atoms with Crippen molar-refractivity contribution in [3.8, 4) is 5.75 Å². The van der Waals surface area contributed by atoms with E-state index in [4.69, 9.17) is 33.7 Å². The van der Waals surface area contributed by atoms with Crippen molar-refractivity contribution in [1.29, 1.82) is 0 Å². The molecular weight excluding hydrogens is 295 g/mol. The number of halogens is 2. The highest BCUT2D eigenvalue weighted by atomic mass is 35.5. The number of nitrogens with one attached hydrogen (secondary N) is 1. The quantitative estimate of drug-likeness (QED) is 0.865. The predicted octanol–water partition coefficient (Wildman–Crippen LogP) is 3.34. The highest BCUT2D eigenvalue weighted by Crippen LogP contribution is 2.31. The summed E-state index contributed by atoms with van der Waals surface area (Å²) in [6.07, 6.45) is 4.00. The SMILES string of the molecule is NC1=CC(Cl)=C(Oc2c[nH+]c3ccccc3c2)C(Cl)C1. The van der Waals surface area contributed by atoms with E-state index >= 15 is 0 Å². The minimum atomic E-state index is -0.348. The zero-order valence-electron chi connectivity index (χ0n) is 10.6. The fourth-order valence-electron chi connectivity index (χ4n) is 2.14. The lowest BCUT2D eigenvalue weighted by Gasteiger charge is -2.19. The first-order valence-corrected chi connectivity index (χ1v) is 7.03. The lowest BCUT2D eigenvalue weighted by Crippen LogP contribution is -2.19. The van der Waals surface area contributed by atoms with E-state index in [0.29, 0.717) is 28.7 Å². The summed E-state index contributed by atoms with van der Waals surface area (Å²) < 4.78 is 5.82. The summed E-state index contributed by atoms with van der Waals surface area (Å²) in [5.74, 6) is 1.20. The van der Waals surface area contributed by atoms with E-state index in [1.807, 2.05) is 30.3 Å². The smallest absolute Gasteiger partial charge is 0.211 e. The molecule has 0 aliphatic heterocycles. The second-order valence-corrected chi connectivity index (χ2v) is 5.56. The molecule has 20 heavy (non-hydrogen) atoms. The van der Waals surface area contributed by atoms with Crippen LogP contribution in [0.15, 0.2) is 59.1 Å². The van der Waals surface area contributed by atoms with Crippen LogP contribution in [0, 0.1) is 0 Å². The Hall–Kier alpha value is -1.71. The van der Waals surface area contributed by atoms with E-state index in [0.717, 1.165) is 10.9 Å². The molecule has 3 rings (SSSR count). The summed E-state index contributed by atoms with van der Waals surface area (Å²) in [5.41, 5.74) is 7.44. The molecule has 5 heteroatoms. The van der Waals surface area contributed by atoms with Gasteiger partial charge in [-0.1, -0.05) is 23.7 Å². The Morgan fingerprint density at radius 2 is 2.10 bits per heavy atom. The van der Waals surface area contributed by atoms with Crippen LogP contribution >= 0.6 is 23.2 Å². The standard InChI is InChI=1S/C15H12Cl2N2O/c16-12-6-10(18)7-13(17)15(12)20-11-5-9-3-1-2-4-14(9)19-8-11/h1-6,8,13H,7,18H2/p+1. The molecule has 1 unspecified atom stereocenters. The van der Waals surface area contributed by atoms with E-state index < -0.39 is 0 Å². The molecule has 1 aromatic carbocycles. The highest BCUT2D eigenvalue weighted by molar-refractivity contribution is 6.33. The van der Waals surface area contributed by atoms with E-state index in [9.17, 15) is 0 Å². The van der Waals surface area contributed by atoms with E-state index in [1.54, 1.807) is 12.3 Å². The number of rotatable bonds is 2. The van der Waals surface area contributed by atoms with Gasteiger partial charge in [-0.3, -0.25) is 0 Å². The molecule has 0 bridgehead atoms. The number of aromatic amines is 1. The van der Waals surface area contributed by atoms with Crippen molar-refractivity contribution in [2.45, 2.75) is 11.8 Å². The van der Waals surface area contributed by atoms with Crippen LogP contribution in [0.25, 0.3) is 10.9 Å². The number of benzene rings is 1. The first-order chi connectivity index (χ1) is 9.63. The Bertz CT molecular complexity index is 725. The van der Waals surface area contributed by atoms with Gasteiger partial charge in [0.05, 0.1) is 10.4 Å². The number of allylic oxidation sites excluding steroid dienone is 4. The van der Waals surface area contributed by atoms with E-state index in [2.05, 4.69) is 4.98 Å². The van der Waals surface area contributed by atoms with Crippen LogP contribution in [-0.4, -0.2) is 5.38 Å². The zero-order chi connectivity index (χ0) is 14.1. The van der Waals surface area contributed by atoms with Gasteiger partial charge in [-0.15, -0.1) is 11.6 Å². The normalized spacial score (nSPS) is 19.1. The number of pyridine rings is 1. The highest BCUT2D eigenvalue weighted by Gasteiger charge is 2.23. The zero-order valence-corrected chi connectivity index (χ0v) is 12.1. The molecule has 1 aromatic heterocycles. The number of alkyl halides is 1. The van der Waals surface area contributed by atoms with Crippen molar-refractivity contribution in [3.05, 3.63) is 59.1 Å². The lowest BCUT2D eigenvalue weighted by atomic mass is 10.1. The number of H-pyrrole nitrogens is 1. The van der Waals surface area contributed by atoms with Crippen LogP contribution in [0.2, 0.25) is 0 Å². The summed E-state index contributed by atoms with van der Waals surface area (Å²) in [7, 11) is 0. The molecule has 3 nitrogen and oxygen atoms in total. The summed E-state index contributed by atoms with van der Waals surface area (Å²) in [4.78, 5) is 3.17. The summed E-state index contributed by atoms with van der Waals surface area (Å²) in [6.45, 7) is 0. The molecular formula is C15H13Cl2N2O+. The number of aromatic nitrogens is 1. The van der Waals surface area contributed by atoms with Gasteiger partial charge in [0.2, 0.25) is 11.7 Å². The first-order valence-electron chi connectivity index (χ1n) is 6.21. The molecule has 0 saturated heterocycles.